The predicted octanol–water partition coefficient (Wildman–Crippen LogP) is 5.54. The van der Waals surface area contributed by atoms with E-state index in [2.05, 4.69) is 23.7 Å². The molecule has 1 amide bonds. The highest BCUT2D eigenvalue weighted by Gasteiger charge is 2.38. The van der Waals surface area contributed by atoms with Crippen molar-refractivity contribution in [2.75, 3.05) is 25.5 Å². The van der Waals surface area contributed by atoms with Crippen molar-refractivity contribution in [1.29, 1.82) is 0 Å². The van der Waals surface area contributed by atoms with E-state index in [0.29, 0.717) is 23.4 Å². The van der Waals surface area contributed by atoms with Gasteiger partial charge < -0.3 is 24.8 Å². The van der Waals surface area contributed by atoms with Crippen LogP contribution in [0.1, 0.15) is 63.6 Å². The number of hydrogen-bond acceptors (Lipinski definition) is 6. The predicted molar refractivity (Wildman–Crippen MR) is 152 cm³/mol. The molecule has 4 rings (SSSR count). The molecule has 1 heterocycles. The van der Waals surface area contributed by atoms with E-state index in [-0.39, 0.29) is 36.4 Å². The molecule has 2 N–H and O–H groups in total. The molecule has 7 heteroatoms. The Bertz CT molecular complexity index is 1310. The molecule has 1 saturated heterocycles. The number of likely N-dealkylation sites (N-methyl/N-ethyl adjacent to an activating group) is 1. The fraction of sp³-hybridized carbons (Fsp3) is 0.312. The number of nitrogens with one attached hydrogen (secondary N) is 1. The van der Waals surface area contributed by atoms with Gasteiger partial charge in [0, 0.05) is 41.4 Å². The second-order valence-electron chi connectivity index (χ2n) is 10.0. The summed E-state index contributed by atoms with van der Waals surface area (Å²) in [5, 5.41) is 12.3. The zero-order valence-corrected chi connectivity index (χ0v) is 22.7. The van der Waals surface area contributed by atoms with Crippen LogP contribution < -0.4 is 5.32 Å². The van der Waals surface area contributed by atoms with Gasteiger partial charge >= 0.3 is 0 Å². The molecule has 1 fully saturated rings. The Kier molecular flexibility index (Phi) is 9.43. The van der Waals surface area contributed by atoms with Gasteiger partial charge in [-0.2, -0.15) is 0 Å². The molecule has 1 aliphatic heterocycles. The molecule has 1 aliphatic rings. The molecule has 39 heavy (non-hydrogen) atoms. The van der Waals surface area contributed by atoms with Crippen LogP contribution in [0.15, 0.2) is 85.5 Å². The number of ketones is 1. The van der Waals surface area contributed by atoms with Crippen LogP contribution in [0.2, 0.25) is 0 Å². The molecular weight excluding hydrogens is 492 g/mol. The number of ether oxygens (including phenoxy) is 2. The number of anilines is 1. The number of aliphatic hydroxyl groups excluding tert-OH is 1. The fourth-order valence-corrected chi connectivity index (χ4v) is 4.78. The van der Waals surface area contributed by atoms with Crippen LogP contribution in [-0.4, -0.2) is 47.9 Å². The number of benzene rings is 3. The van der Waals surface area contributed by atoms with Gasteiger partial charge in [-0.1, -0.05) is 61.5 Å². The third-order valence-corrected chi connectivity index (χ3v) is 7.00. The maximum absolute atomic E-state index is 13.1. The van der Waals surface area contributed by atoms with Crippen molar-refractivity contribution < 1.29 is 24.2 Å². The van der Waals surface area contributed by atoms with Gasteiger partial charge in [0.05, 0.1) is 18.8 Å². The van der Waals surface area contributed by atoms with Crippen LogP contribution >= 0.6 is 0 Å². The molecule has 7 nitrogen and oxygen atoms in total. The van der Waals surface area contributed by atoms with Crippen molar-refractivity contribution in [2.45, 2.75) is 39.0 Å². The first-order valence-electron chi connectivity index (χ1n) is 13.1. The van der Waals surface area contributed by atoms with Crippen LogP contribution in [0.4, 0.5) is 5.69 Å². The van der Waals surface area contributed by atoms with E-state index in [0.717, 1.165) is 23.2 Å². The van der Waals surface area contributed by atoms with E-state index in [1.54, 1.807) is 36.4 Å². The Labute approximate surface area is 230 Å². The number of nitrogens with zero attached hydrogens (tertiary/aromatic N) is 1. The SMILES string of the molecule is C=CCN(C)C[C@H]1OC(c2cccc(C(=O)Nc3cccc(C(C)=O)c3)c2)O[C@@H](c2ccc(CO)cc2)[C@H]1C. The van der Waals surface area contributed by atoms with Gasteiger partial charge in [-0.3, -0.25) is 9.59 Å². The van der Waals surface area contributed by atoms with Crippen molar-refractivity contribution in [3.63, 3.8) is 0 Å². The summed E-state index contributed by atoms with van der Waals surface area (Å²) in [7, 11) is 2.03. The van der Waals surface area contributed by atoms with E-state index in [9.17, 15) is 14.7 Å². The standard InChI is InChI=1S/C32H36N2O5/c1-5-16-34(4)19-29-21(2)30(24-14-12-23(20-35)13-15-24)39-32(38-29)27-10-6-9-26(17-27)31(37)33-28-11-7-8-25(18-28)22(3)36/h5-15,17-18,21,29-30,32,35H,1,16,19-20H2,2-4H3,(H,33,37)/t21-,29+,30+,32?/m0/s1. The van der Waals surface area contributed by atoms with Crippen molar-refractivity contribution in [3.8, 4) is 0 Å². The summed E-state index contributed by atoms with van der Waals surface area (Å²) in [6.07, 6.45) is 0.800. The number of carbonyl (C=O) groups is 2. The molecule has 3 aromatic rings. The Morgan fingerprint density at radius 3 is 2.41 bits per heavy atom. The molecular formula is C32H36N2O5. The maximum atomic E-state index is 13.1. The monoisotopic (exact) mass is 528 g/mol. The molecule has 0 spiro atoms. The van der Waals surface area contributed by atoms with Crippen molar-refractivity contribution in [3.05, 3.63) is 113 Å². The Balaban J connectivity index is 1.59. The lowest BCUT2D eigenvalue weighted by Gasteiger charge is -2.42. The quantitative estimate of drug-likeness (QED) is 0.265. The number of rotatable bonds is 10. The van der Waals surface area contributed by atoms with Crippen LogP contribution in [0.25, 0.3) is 0 Å². The lowest BCUT2D eigenvalue weighted by molar-refractivity contribution is -0.275. The van der Waals surface area contributed by atoms with Gasteiger partial charge in [0.1, 0.15) is 0 Å². The van der Waals surface area contributed by atoms with Gasteiger partial charge in [-0.15, -0.1) is 6.58 Å². The second-order valence-corrected chi connectivity index (χ2v) is 10.0. The van der Waals surface area contributed by atoms with E-state index in [4.69, 9.17) is 9.47 Å². The Hall–Kier alpha value is -3.62. The molecule has 0 bridgehead atoms. The number of hydrogen-bond donors (Lipinski definition) is 2. The average Bonchev–Trinajstić information content (AvgIpc) is 2.94. The van der Waals surface area contributed by atoms with Gasteiger partial charge in [0.2, 0.25) is 0 Å². The lowest BCUT2D eigenvalue weighted by atomic mass is 9.90. The molecule has 1 unspecified atom stereocenters. The summed E-state index contributed by atoms with van der Waals surface area (Å²) in [5.41, 5.74) is 4.11. The third kappa shape index (κ3) is 7.07. The summed E-state index contributed by atoms with van der Waals surface area (Å²) < 4.78 is 13.0. The molecule has 0 aliphatic carbocycles. The van der Waals surface area contributed by atoms with Gasteiger partial charge in [0.25, 0.3) is 5.91 Å². The molecule has 0 saturated carbocycles. The van der Waals surface area contributed by atoms with Gasteiger partial charge in [-0.05, 0) is 49.4 Å². The minimum absolute atomic E-state index is 0.0179. The zero-order chi connectivity index (χ0) is 27.9. The van der Waals surface area contributed by atoms with Crippen molar-refractivity contribution in [1.82, 2.24) is 4.90 Å². The summed E-state index contributed by atoms with van der Waals surface area (Å²) in [6, 6.07) is 21.9. The number of aliphatic hydroxyl groups is 1. The minimum atomic E-state index is -0.681. The van der Waals surface area contributed by atoms with Crippen molar-refractivity contribution in [2.24, 2.45) is 5.92 Å². The Morgan fingerprint density at radius 1 is 1.00 bits per heavy atom. The number of amides is 1. The third-order valence-electron chi connectivity index (χ3n) is 7.00. The lowest BCUT2D eigenvalue weighted by Crippen LogP contribution is -2.43. The molecule has 0 radical (unpaired) electrons. The van der Waals surface area contributed by atoms with E-state index < -0.39 is 6.29 Å². The summed E-state index contributed by atoms with van der Waals surface area (Å²) in [4.78, 5) is 27.0. The molecule has 0 aromatic heterocycles. The summed E-state index contributed by atoms with van der Waals surface area (Å²) >= 11 is 0. The smallest absolute Gasteiger partial charge is 0.255 e. The first-order valence-corrected chi connectivity index (χ1v) is 13.1. The van der Waals surface area contributed by atoms with Crippen LogP contribution in [0.5, 0.6) is 0 Å². The maximum Gasteiger partial charge on any atom is 0.255 e. The number of Topliss-reactive ketones (excluding diaryl/α,β-unsaturated/α-hetero) is 1. The van der Waals surface area contributed by atoms with Gasteiger partial charge in [0.15, 0.2) is 12.1 Å². The highest BCUT2D eigenvalue weighted by atomic mass is 16.7. The highest BCUT2D eigenvalue weighted by Crippen LogP contribution is 2.42. The normalized spacial score (nSPS) is 20.9. The minimum Gasteiger partial charge on any atom is -0.392 e. The Morgan fingerprint density at radius 2 is 1.72 bits per heavy atom. The van der Waals surface area contributed by atoms with E-state index in [1.807, 2.05) is 49.5 Å². The van der Waals surface area contributed by atoms with E-state index >= 15 is 0 Å². The topological polar surface area (TPSA) is 88.1 Å². The van der Waals surface area contributed by atoms with E-state index in [1.165, 1.54) is 6.92 Å². The van der Waals surface area contributed by atoms with Gasteiger partial charge in [-0.25, -0.2) is 0 Å². The van der Waals surface area contributed by atoms with Crippen LogP contribution in [0.3, 0.4) is 0 Å². The fourth-order valence-electron chi connectivity index (χ4n) is 4.78. The first kappa shape index (κ1) is 28.4. The van der Waals surface area contributed by atoms with Crippen LogP contribution in [0, 0.1) is 5.92 Å². The molecule has 4 atom stereocenters. The summed E-state index contributed by atoms with van der Waals surface area (Å²) in [6.45, 7) is 8.85. The zero-order valence-electron chi connectivity index (χ0n) is 22.7. The summed E-state index contributed by atoms with van der Waals surface area (Å²) in [5.74, 6) is -0.309. The number of carbonyl (C=O) groups excluding carboxylic acids is 2. The van der Waals surface area contributed by atoms with Crippen LogP contribution in [-0.2, 0) is 16.1 Å². The highest BCUT2D eigenvalue weighted by molar-refractivity contribution is 6.05. The average molecular weight is 529 g/mol. The first-order chi connectivity index (χ1) is 18.8. The van der Waals surface area contributed by atoms with Crippen molar-refractivity contribution >= 4 is 17.4 Å². The second kappa shape index (κ2) is 13.0. The molecule has 3 aromatic carbocycles. The molecule has 204 valence electrons. The largest absolute Gasteiger partial charge is 0.392 e.